The lowest BCUT2D eigenvalue weighted by atomic mass is 9.92. The Labute approximate surface area is 81.0 Å². The molecule has 2 N–H and O–H groups in total. The third-order valence-corrected chi connectivity index (χ3v) is 3.07. The summed E-state index contributed by atoms with van der Waals surface area (Å²) in [4.78, 5) is 0. The molecule has 0 radical (unpaired) electrons. The molecule has 0 amide bonds. The highest BCUT2D eigenvalue weighted by Crippen LogP contribution is 2.22. The first-order chi connectivity index (χ1) is 6.30. The van der Waals surface area contributed by atoms with Crippen molar-refractivity contribution in [1.29, 1.82) is 0 Å². The second-order valence-electron chi connectivity index (χ2n) is 4.23. The highest BCUT2D eigenvalue weighted by Gasteiger charge is 2.16. The molecule has 2 heteroatoms. The van der Waals surface area contributed by atoms with Crippen molar-refractivity contribution in [3.05, 3.63) is 0 Å². The molecule has 0 bridgehead atoms. The van der Waals surface area contributed by atoms with Gasteiger partial charge in [-0.2, -0.15) is 0 Å². The average Bonchev–Trinajstić information content (AvgIpc) is 2.14. The standard InChI is InChI=1S/C11H22O2/c12-11(13)10-8-6-4-2-1-3-5-7-9-10/h10-13H,1-9H2. The molecule has 0 atom stereocenters. The molecule has 1 aliphatic carbocycles. The van der Waals surface area contributed by atoms with Gasteiger partial charge in [-0.25, -0.2) is 0 Å². The van der Waals surface area contributed by atoms with Gasteiger partial charge in [0.1, 0.15) is 0 Å². The summed E-state index contributed by atoms with van der Waals surface area (Å²) in [5.74, 6) is 0.137. The molecule has 0 saturated heterocycles. The van der Waals surface area contributed by atoms with Crippen LogP contribution in [0, 0.1) is 5.92 Å². The number of rotatable bonds is 1. The van der Waals surface area contributed by atoms with Crippen LogP contribution in [0.3, 0.4) is 0 Å². The van der Waals surface area contributed by atoms with Gasteiger partial charge < -0.3 is 10.2 Å². The monoisotopic (exact) mass is 186 g/mol. The first-order valence-corrected chi connectivity index (χ1v) is 5.67. The summed E-state index contributed by atoms with van der Waals surface area (Å²) in [6.07, 6.45) is 9.81. The minimum Gasteiger partial charge on any atom is -0.368 e. The summed E-state index contributed by atoms with van der Waals surface area (Å²) >= 11 is 0. The lowest BCUT2D eigenvalue weighted by Crippen LogP contribution is -2.19. The predicted molar refractivity (Wildman–Crippen MR) is 53.3 cm³/mol. The number of aliphatic hydroxyl groups is 2. The van der Waals surface area contributed by atoms with E-state index in [-0.39, 0.29) is 5.92 Å². The Bertz CT molecular complexity index is 113. The van der Waals surface area contributed by atoms with E-state index in [1.807, 2.05) is 0 Å². The SMILES string of the molecule is OC(O)C1CCCCCCCCC1. The second-order valence-corrected chi connectivity index (χ2v) is 4.23. The molecule has 0 unspecified atom stereocenters. The summed E-state index contributed by atoms with van der Waals surface area (Å²) < 4.78 is 0. The Morgan fingerprint density at radius 3 is 1.46 bits per heavy atom. The van der Waals surface area contributed by atoms with E-state index in [1.54, 1.807) is 0 Å². The molecule has 0 aromatic carbocycles. The molecule has 0 spiro atoms. The fourth-order valence-electron chi connectivity index (χ4n) is 2.14. The Balaban J connectivity index is 2.26. The van der Waals surface area contributed by atoms with E-state index in [1.165, 1.54) is 44.9 Å². The van der Waals surface area contributed by atoms with Crippen LogP contribution >= 0.6 is 0 Å². The zero-order chi connectivity index (χ0) is 9.52. The first-order valence-electron chi connectivity index (χ1n) is 5.67. The number of hydrogen-bond acceptors (Lipinski definition) is 2. The van der Waals surface area contributed by atoms with Gasteiger partial charge in [-0.1, -0.05) is 44.9 Å². The Morgan fingerprint density at radius 2 is 1.08 bits per heavy atom. The third kappa shape index (κ3) is 4.63. The van der Waals surface area contributed by atoms with Crippen LogP contribution in [-0.4, -0.2) is 16.5 Å². The lowest BCUT2D eigenvalue weighted by Gasteiger charge is -2.19. The van der Waals surface area contributed by atoms with E-state index in [4.69, 9.17) is 10.2 Å². The summed E-state index contributed by atoms with van der Waals surface area (Å²) in [7, 11) is 0. The predicted octanol–water partition coefficient (Wildman–Crippen LogP) is 2.44. The maximum atomic E-state index is 9.11. The Hall–Kier alpha value is -0.0800. The first kappa shape index (κ1) is 11.0. The van der Waals surface area contributed by atoms with Crippen molar-refractivity contribution >= 4 is 0 Å². The largest absolute Gasteiger partial charge is 0.368 e. The van der Waals surface area contributed by atoms with E-state index in [2.05, 4.69) is 0 Å². The van der Waals surface area contributed by atoms with Gasteiger partial charge in [0.2, 0.25) is 0 Å². The minimum absolute atomic E-state index is 0.137. The normalized spacial score (nSPS) is 23.3. The van der Waals surface area contributed by atoms with Crippen LogP contribution in [0.2, 0.25) is 0 Å². The molecule has 0 aromatic heterocycles. The van der Waals surface area contributed by atoms with Crippen molar-refractivity contribution in [3.8, 4) is 0 Å². The Kier molecular flexibility index (Phi) is 5.40. The van der Waals surface area contributed by atoms with E-state index in [0.29, 0.717) is 0 Å². The summed E-state index contributed by atoms with van der Waals surface area (Å²) in [6, 6.07) is 0. The van der Waals surface area contributed by atoms with Crippen molar-refractivity contribution in [2.75, 3.05) is 0 Å². The molecule has 13 heavy (non-hydrogen) atoms. The van der Waals surface area contributed by atoms with Crippen molar-refractivity contribution in [1.82, 2.24) is 0 Å². The van der Waals surface area contributed by atoms with E-state index < -0.39 is 6.29 Å². The quantitative estimate of drug-likeness (QED) is 0.617. The van der Waals surface area contributed by atoms with Gasteiger partial charge in [0, 0.05) is 5.92 Å². The smallest absolute Gasteiger partial charge is 0.154 e. The van der Waals surface area contributed by atoms with Crippen molar-refractivity contribution < 1.29 is 10.2 Å². The molecule has 1 saturated carbocycles. The minimum atomic E-state index is -1.08. The fourth-order valence-corrected chi connectivity index (χ4v) is 2.14. The second kappa shape index (κ2) is 6.39. The van der Waals surface area contributed by atoms with Crippen molar-refractivity contribution in [3.63, 3.8) is 0 Å². The van der Waals surface area contributed by atoms with Crippen molar-refractivity contribution in [2.24, 2.45) is 5.92 Å². The van der Waals surface area contributed by atoms with Crippen LogP contribution in [0.1, 0.15) is 57.8 Å². The van der Waals surface area contributed by atoms with Crippen LogP contribution in [0.15, 0.2) is 0 Å². The summed E-state index contributed by atoms with van der Waals surface area (Å²) in [5.41, 5.74) is 0. The molecule has 78 valence electrons. The van der Waals surface area contributed by atoms with Crippen LogP contribution in [0.4, 0.5) is 0 Å². The molecule has 0 aromatic rings. The highest BCUT2D eigenvalue weighted by atomic mass is 16.5. The van der Waals surface area contributed by atoms with Crippen LogP contribution in [0.25, 0.3) is 0 Å². The zero-order valence-corrected chi connectivity index (χ0v) is 8.41. The van der Waals surface area contributed by atoms with Gasteiger partial charge in [0.15, 0.2) is 6.29 Å². The molecular weight excluding hydrogens is 164 g/mol. The lowest BCUT2D eigenvalue weighted by molar-refractivity contribution is -0.0891. The van der Waals surface area contributed by atoms with Crippen LogP contribution < -0.4 is 0 Å². The van der Waals surface area contributed by atoms with Gasteiger partial charge in [0.05, 0.1) is 0 Å². The molecule has 1 aliphatic rings. The van der Waals surface area contributed by atoms with E-state index >= 15 is 0 Å². The highest BCUT2D eigenvalue weighted by molar-refractivity contribution is 4.63. The molecular formula is C11H22O2. The van der Waals surface area contributed by atoms with Gasteiger partial charge in [-0.05, 0) is 12.8 Å². The third-order valence-electron chi connectivity index (χ3n) is 3.07. The number of aliphatic hydroxyl groups excluding tert-OH is 1. The van der Waals surface area contributed by atoms with Crippen LogP contribution in [0.5, 0.6) is 0 Å². The molecule has 1 rings (SSSR count). The molecule has 2 nitrogen and oxygen atoms in total. The van der Waals surface area contributed by atoms with Gasteiger partial charge >= 0.3 is 0 Å². The summed E-state index contributed by atoms with van der Waals surface area (Å²) in [5, 5.41) is 18.2. The number of hydrogen-bond donors (Lipinski definition) is 2. The zero-order valence-electron chi connectivity index (χ0n) is 8.41. The van der Waals surface area contributed by atoms with Gasteiger partial charge in [-0.3, -0.25) is 0 Å². The molecule has 0 aliphatic heterocycles. The average molecular weight is 186 g/mol. The maximum Gasteiger partial charge on any atom is 0.154 e. The summed E-state index contributed by atoms with van der Waals surface area (Å²) in [6.45, 7) is 0. The fraction of sp³-hybridized carbons (Fsp3) is 1.00. The van der Waals surface area contributed by atoms with Crippen molar-refractivity contribution in [2.45, 2.75) is 64.1 Å². The van der Waals surface area contributed by atoms with Gasteiger partial charge in [-0.15, -0.1) is 0 Å². The Morgan fingerprint density at radius 1 is 0.692 bits per heavy atom. The van der Waals surface area contributed by atoms with Gasteiger partial charge in [0.25, 0.3) is 0 Å². The van der Waals surface area contributed by atoms with E-state index in [0.717, 1.165) is 12.8 Å². The molecule has 0 heterocycles. The maximum absolute atomic E-state index is 9.11. The van der Waals surface area contributed by atoms with E-state index in [9.17, 15) is 0 Å². The topological polar surface area (TPSA) is 40.5 Å². The van der Waals surface area contributed by atoms with Crippen LogP contribution in [-0.2, 0) is 0 Å². The molecule has 1 fully saturated rings.